The SMILES string of the molecule is COc1ccccc1OCc1cc(C(=O)N[C@H](C)C(C)C)n[nH]1. The Balaban J connectivity index is 1.96. The predicted molar refractivity (Wildman–Crippen MR) is 87.7 cm³/mol. The van der Waals surface area contributed by atoms with Gasteiger partial charge in [-0.3, -0.25) is 9.89 Å². The molecule has 1 atom stereocenters. The average Bonchev–Trinajstić information content (AvgIpc) is 3.02. The maximum absolute atomic E-state index is 12.1. The number of nitrogens with one attached hydrogen (secondary N) is 2. The molecule has 0 saturated carbocycles. The van der Waals surface area contributed by atoms with Crippen molar-refractivity contribution in [2.45, 2.75) is 33.4 Å². The van der Waals surface area contributed by atoms with E-state index in [4.69, 9.17) is 9.47 Å². The Kier molecular flexibility index (Phi) is 5.62. The minimum absolute atomic E-state index is 0.0903. The number of methoxy groups -OCH3 is 1. The van der Waals surface area contributed by atoms with Gasteiger partial charge in [0.2, 0.25) is 0 Å². The van der Waals surface area contributed by atoms with Crippen molar-refractivity contribution in [2.75, 3.05) is 7.11 Å². The van der Waals surface area contributed by atoms with E-state index in [2.05, 4.69) is 29.4 Å². The lowest BCUT2D eigenvalue weighted by Crippen LogP contribution is -2.36. The minimum atomic E-state index is -0.189. The highest BCUT2D eigenvalue weighted by molar-refractivity contribution is 5.92. The first-order valence-electron chi connectivity index (χ1n) is 7.62. The van der Waals surface area contributed by atoms with Gasteiger partial charge in [-0.15, -0.1) is 0 Å². The van der Waals surface area contributed by atoms with Gasteiger partial charge in [-0.1, -0.05) is 26.0 Å². The van der Waals surface area contributed by atoms with Crippen molar-refractivity contribution in [3.8, 4) is 11.5 Å². The zero-order valence-corrected chi connectivity index (χ0v) is 13.9. The summed E-state index contributed by atoms with van der Waals surface area (Å²) in [4.78, 5) is 12.1. The van der Waals surface area contributed by atoms with Gasteiger partial charge < -0.3 is 14.8 Å². The molecule has 6 heteroatoms. The maximum Gasteiger partial charge on any atom is 0.271 e. The van der Waals surface area contributed by atoms with Crippen LogP contribution in [0.15, 0.2) is 30.3 Å². The van der Waals surface area contributed by atoms with Crippen molar-refractivity contribution in [3.05, 3.63) is 41.7 Å². The number of nitrogens with zero attached hydrogens (tertiary/aromatic N) is 1. The number of aromatic amines is 1. The number of rotatable bonds is 7. The third kappa shape index (κ3) is 4.48. The highest BCUT2D eigenvalue weighted by atomic mass is 16.5. The fraction of sp³-hybridized carbons (Fsp3) is 0.412. The summed E-state index contributed by atoms with van der Waals surface area (Å²) in [6, 6.07) is 9.18. The number of benzene rings is 1. The van der Waals surface area contributed by atoms with Gasteiger partial charge in [0.15, 0.2) is 11.5 Å². The molecule has 1 heterocycles. The smallest absolute Gasteiger partial charge is 0.271 e. The molecule has 1 aromatic carbocycles. The zero-order chi connectivity index (χ0) is 16.8. The monoisotopic (exact) mass is 317 g/mol. The van der Waals surface area contributed by atoms with Crippen LogP contribution in [0.2, 0.25) is 0 Å². The molecule has 0 bridgehead atoms. The van der Waals surface area contributed by atoms with E-state index < -0.39 is 0 Å². The number of H-pyrrole nitrogens is 1. The van der Waals surface area contributed by atoms with E-state index in [0.29, 0.717) is 23.1 Å². The Morgan fingerprint density at radius 2 is 1.96 bits per heavy atom. The van der Waals surface area contributed by atoms with E-state index in [9.17, 15) is 4.79 Å². The fourth-order valence-corrected chi connectivity index (χ4v) is 1.89. The summed E-state index contributed by atoms with van der Waals surface area (Å²) in [6.45, 7) is 6.37. The Labute approximate surface area is 136 Å². The molecule has 2 N–H and O–H groups in total. The molecule has 6 nitrogen and oxygen atoms in total. The molecule has 1 amide bonds. The summed E-state index contributed by atoms with van der Waals surface area (Å²) in [5.41, 5.74) is 1.08. The second-order valence-electron chi connectivity index (χ2n) is 5.72. The largest absolute Gasteiger partial charge is 0.493 e. The molecule has 0 unspecified atom stereocenters. The normalized spacial score (nSPS) is 12.0. The Bertz CT molecular complexity index is 652. The number of ether oxygens (including phenoxy) is 2. The maximum atomic E-state index is 12.1. The van der Waals surface area contributed by atoms with Crippen LogP contribution in [0.1, 0.15) is 37.0 Å². The lowest BCUT2D eigenvalue weighted by atomic mass is 10.1. The molecule has 2 aromatic rings. The van der Waals surface area contributed by atoms with Crippen LogP contribution in [0.3, 0.4) is 0 Å². The summed E-state index contributed by atoms with van der Waals surface area (Å²) in [7, 11) is 1.59. The first-order valence-corrected chi connectivity index (χ1v) is 7.62. The molecule has 2 rings (SSSR count). The standard InChI is InChI=1S/C17H23N3O3/c1-11(2)12(3)18-17(21)14-9-13(19-20-14)10-23-16-8-6-5-7-15(16)22-4/h5-9,11-12H,10H2,1-4H3,(H,18,21)(H,19,20)/t12-/m1/s1. The van der Waals surface area contributed by atoms with Gasteiger partial charge in [-0.2, -0.15) is 5.10 Å². The van der Waals surface area contributed by atoms with Gasteiger partial charge in [-0.05, 0) is 31.0 Å². The lowest BCUT2D eigenvalue weighted by molar-refractivity contribution is 0.0925. The minimum Gasteiger partial charge on any atom is -0.493 e. The van der Waals surface area contributed by atoms with Crippen molar-refractivity contribution in [1.82, 2.24) is 15.5 Å². The van der Waals surface area contributed by atoms with Crippen LogP contribution in [0.4, 0.5) is 0 Å². The lowest BCUT2D eigenvalue weighted by Gasteiger charge is -2.16. The van der Waals surface area contributed by atoms with Crippen LogP contribution >= 0.6 is 0 Å². The van der Waals surface area contributed by atoms with Gasteiger partial charge in [0.1, 0.15) is 12.3 Å². The fourth-order valence-electron chi connectivity index (χ4n) is 1.89. The molecule has 23 heavy (non-hydrogen) atoms. The highest BCUT2D eigenvalue weighted by Gasteiger charge is 2.15. The third-order valence-electron chi connectivity index (χ3n) is 3.67. The van der Waals surface area contributed by atoms with E-state index in [1.54, 1.807) is 13.2 Å². The van der Waals surface area contributed by atoms with Gasteiger partial charge in [0, 0.05) is 6.04 Å². The van der Waals surface area contributed by atoms with E-state index in [1.165, 1.54) is 0 Å². The number of hydrogen-bond acceptors (Lipinski definition) is 4. The molecular weight excluding hydrogens is 294 g/mol. The van der Waals surface area contributed by atoms with Crippen LogP contribution in [0.25, 0.3) is 0 Å². The first kappa shape index (κ1) is 16.9. The second-order valence-corrected chi connectivity index (χ2v) is 5.72. The summed E-state index contributed by atoms with van der Waals surface area (Å²) in [5.74, 6) is 1.48. The van der Waals surface area contributed by atoms with Crippen molar-refractivity contribution in [2.24, 2.45) is 5.92 Å². The number of para-hydroxylation sites is 2. The summed E-state index contributed by atoms with van der Waals surface area (Å²) in [6.07, 6.45) is 0. The van der Waals surface area contributed by atoms with Gasteiger partial charge in [-0.25, -0.2) is 0 Å². The molecule has 0 saturated heterocycles. The average molecular weight is 317 g/mol. The van der Waals surface area contributed by atoms with Crippen molar-refractivity contribution in [3.63, 3.8) is 0 Å². The van der Waals surface area contributed by atoms with E-state index in [1.807, 2.05) is 31.2 Å². The quantitative estimate of drug-likeness (QED) is 0.823. The van der Waals surface area contributed by atoms with E-state index >= 15 is 0 Å². The molecule has 0 spiro atoms. The van der Waals surface area contributed by atoms with Gasteiger partial charge >= 0.3 is 0 Å². The highest BCUT2D eigenvalue weighted by Crippen LogP contribution is 2.26. The molecule has 1 aromatic heterocycles. The first-order chi connectivity index (χ1) is 11.0. The summed E-state index contributed by atoms with van der Waals surface area (Å²) in [5, 5.41) is 9.77. The number of hydrogen-bond donors (Lipinski definition) is 2. The van der Waals surface area contributed by atoms with Crippen LogP contribution in [0.5, 0.6) is 11.5 Å². The van der Waals surface area contributed by atoms with E-state index in [-0.39, 0.29) is 18.6 Å². The van der Waals surface area contributed by atoms with Gasteiger partial charge in [0.25, 0.3) is 5.91 Å². The number of carbonyl (C=O) groups is 1. The zero-order valence-electron chi connectivity index (χ0n) is 13.9. The molecule has 124 valence electrons. The number of carbonyl (C=O) groups excluding carboxylic acids is 1. The molecular formula is C17H23N3O3. The third-order valence-corrected chi connectivity index (χ3v) is 3.67. The number of aromatic nitrogens is 2. The molecule has 0 radical (unpaired) electrons. The Hall–Kier alpha value is -2.50. The van der Waals surface area contributed by atoms with Crippen LogP contribution in [-0.4, -0.2) is 29.3 Å². The Morgan fingerprint density at radius 1 is 1.26 bits per heavy atom. The molecule has 0 aliphatic heterocycles. The molecule has 0 aliphatic rings. The van der Waals surface area contributed by atoms with Crippen molar-refractivity contribution >= 4 is 5.91 Å². The second kappa shape index (κ2) is 7.67. The summed E-state index contributed by atoms with van der Waals surface area (Å²) < 4.78 is 10.9. The van der Waals surface area contributed by atoms with E-state index in [0.717, 1.165) is 5.69 Å². The van der Waals surface area contributed by atoms with Crippen molar-refractivity contribution < 1.29 is 14.3 Å². The van der Waals surface area contributed by atoms with Crippen molar-refractivity contribution in [1.29, 1.82) is 0 Å². The Morgan fingerprint density at radius 3 is 2.61 bits per heavy atom. The van der Waals surface area contributed by atoms with Gasteiger partial charge in [0.05, 0.1) is 12.8 Å². The predicted octanol–water partition coefficient (Wildman–Crippen LogP) is 2.77. The van der Waals surface area contributed by atoms with Crippen LogP contribution in [-0.2, 0) is 6.61 Å². The summed E-state index contributed by atoms with van der Waals surface area (Å²) >= 11 is 0. The van der Waals surface area contributed by atoms with Crippen LogP contribution < -0.4 is 14.8 Å². The number of amides is 1. The molecule has 0 aliphatic carbocycles. The van der Waals surface area contributed by atoms with Crippen LogP contribution in [0, 0.1) is 5.92 Å². The topological polar surface area (TPSA) is 76.2 Å². The molecule has 0 fully saturated rings.